The predicted molar refractivity (Wildman–Crippen MR) is 123 cm³/mol. The van der Waals surface area contributed by atoms with Crippen molar-refractivity contribution in [3.63, 3.8) is 0 Å². The Hall–Kier alpha value is -1.02. The van der Waals surface area contributed by atoms with Gasteiger partial charge in [-0.25, -0.2) is 0 Å². The molecule has 0 aliphatic rings. The highest BCUT2D eigenvalue weighted by atomic mass is 32.2. The summed E-state index contributed by atoms with van der Waals surface area (Å²) < 4.78 is 27.1. The number of hydrogen-bond acceptors (Lipinski definition) is 5. The number of aryl methyl sites for hydroxylation is 1. The van der Waals surface area contributed by atoms with Crippen LogP contribution in [0.4, 0.5) is 0 Å². The van der Waals surface area contributed by atoms with E-state index >= 15 is 0 Å². The number of rotatable bonds is 13. The molecule has 0 spiro atoms. The van der Waals surface area contributed by atoms with Crippen LogP contribution in [0.15, 0.2) is 24.5 Å². The Morgan fingerprint density at radius 2 is 1.31 bits per heavy atom. The van der Waals surface area contributed by atoms with Gasteiger partial charge in [-0.3, -0.25) is 9.54 Å². The number of hydrogen-bond donors (Lipinski definition) is 2. The van der Waals surface area contributed by atoms with Crippen LogP contribution in [0.2, 0.25) is 0 Å². The molecule has 29 heavy (non-hydrogen) atoms. The molecule has 7 heteroatoms. The van der Waals surface area contributed by atoms with E-state index in [1.54, 1.807) is 0 Å². The van der Waals surface area contributed by atoms with Gasteiger partial charge >= 0.3 is 0 Å². The molecule has 6 nitrogen and oxygen atoms in total. The quantitative estimate of drug-likeness (QED) is 0.443. The molecule has 0 amide bonds. The van der Waals surface area contributed by atoms with E-state index in [-0.39, 0.29) is 0 Å². The monoisotopic (exact) mass is 432 g/mol. The first kappa shape index (κ1) is 30.2. The van der Waals surface area contributed by atoms with Gasteiger partial charge in [-0.1, -0.05) is 53.4 Å². The average molecular weight is 433 g/mol. The van der Waals surface area contributed by atoms with Crippen molar-refractivity contribution in [2.75, 3.05) is 32.0 Å². The molecule has 0 aliphatic heterocycles. The Kier molecular flexibility index (Phi) is 22.6. The van der Waals surface area contributed by atoms with E-state index in [2.05, 4.69) is 49.7 Å². The van der Waals surface area contributed by atoms with Crippen molar-refractivity contribution in [1.29, 1.82) is 0 Å². The van der Waals surface area contributed by atoms with Gasteiger partial charge in [0.2, 0.25) is 0 Å². The van der Waals surface area contributed by atoms with E-state index in [1.165, 1.54) is 76.6 Å². The van der Waals surface area contributed by atoms with Crippen LogP contribution in [0.1, 0.15) is 78.2 Å². The van der Waals surface area contributed by atoms with Gasteiger partial charge < -0.3 is 10.0 Å². The zero-order chi connectivity index (χ0) is 22.4. The third kappa shape index (κ3) is 24.9. The SMILES string of the molecule is CCCCN(CCCC)CCCC.CCCc1ccncc1.O=S(=O)(O)CCO. The molecule has 0 aromatic carbocycles. The molecule has 1 aromatic heterocycles. The van der Waals surface area contributed by atoms with Gasteiger partial charge in [-0.2, -0.15) is 8.42 Å². The molecule has 172 valence electrons. The standard InChI is InChI=1S/C12H27N.C8H11N.C2H6O4S/c1-4-7-10-13(11-8-5-2)12-9-6-3;1-2-3-8-4-6-9-7-5-8;3-1-2-7(4,5)6/h4-12H2,1-3H3;4-7H,2-3H2,1H3;3H,1-2H2,(H,4,5,6). The molecular formula is C22H44N2O4S. The van der Waals surface area contributed by atoms with E-state index in [1.807, 2.05) is 12.4 Å². The van der Waals surface area contributed by atoms with Gasteiger partial charge in [0.1, 0.15) is 0 Å². The van der Waals surface area contributed by atoms with Crippen molar-refractivity contribution in [2.24, 2.45) is 0 Å². The van der Waals surface area contributed by atoms with Crippen LogP contribution < -0.4 is 0 Å². The van der Waals surface area contributed by atoms with Crippen LogP contribution in [0.25, 0.3) is 0 Å². The van der Waals surface area contributed by atoms with Gasteiger partial charge in [0.05, 0.1) is 12.4 Å². The second-order valence-electron chi connectivity index (χ2n) is 7.02. The maximum absolute atomic E-state index is 9.63. The summed E-state index contributed by atoms with van der Waals surface area (Å²) >= 11 is 0. The largest absolute Gasteiger partial charge is 0.395 e. The molecule has 0 saturated heterocycles. The minimum absolute atomic E-state index is 0.529. The molecule has 0 atom stereocenters. The summed E-state index contributed by atoms with van der Waals surface area (Å²) in [6.07, 6.45) is 14.1. The van der Waals surface area contributed by atoms with Gasteiger partial charge in [0, 0.05) is 12.4 Å². The van der Waals surface area contributed by atoms with Crippen LogP contribution in [0.3, 0.4) is 0 Å². The number of aromatic nitrogens is 1. The van der Waals surface area contributed by atoms with E-state index in [4.69, 9.17) is 9.66 Å². The van der Waals surface area contributed by atoms with Crippen LogP contribution in [-0.2, 0) is 16.5 Å². The van der Waals surface area contributed by atoms with Crippen molar-refractivity contribution >= 4 is 10.1 Å². The molecule has 1 rings (SSSR count). The zero-order valence-electron chi connectivity index (χ0n) is 19.0. The summed E-state index contributed by atoms with van der Waals surface area (Å²) in [6, 6.07) is 4.12. The van der Waals surface area contributed by atoms with Gasteiger partial charge in [-0.05, 0) is 63.0 Å². The lowest BCUT2D eigenvalue weighted by Crippen LogP contribution is -2.27. The van der Waals surface area contributed by atoms with E-state index in [0.29, 0.717) is 0 Å². The Morgan fingerprint density at radius 3 is 1.59 bits per heavy atom. The van der Waals surface area contributed by atoms with Gasteiger partial charge in [0.15, 0.2) is 0 Å². The lowest BCUT2D eigenvalue weighted by atomic mass is 10.2. The van der Waals surface area contributed by atoms with Crippen molar-refractivity contribution in [1.82, 2.24) is 9.88 Å². The van der Waals surface area contributed by atoms with Crippen molar-refractivity contribution in [3.8, 4) is 0 Å². The summed E-state index contributed by atoms with van der Waals surface area (Å²) in [5.74, 6) is -0.576. The molecule has 2 N–H and O–H groups in total. The predicted octanol–water partition coefficient (Wildman–Crippen LogP) is 4.59. The first-order valence-corrected chi connectivity index (χ1v) is 12.6. The first-order chi connectivity index (χ1) is 13.8. The Bertz CT molecular complexity index is 520. The highest BCUT2D eigenvalue weighted by molar-refractivity contribution is 7.85. The van der Waals surface area contributed by atoms with Crippen LogP contribution >= 0.6 is 0 Å². The topological polar surface area (TPSA) is 90.7 Å². The normalized spacial score (nSPS) is 10.7. The molecule has 1 heterocycles. The van der Waals surface area contributed by atoms with Crippen LogP contribution in [-0.4, -0.2) is 60.0 Å². The summed E-state index contributed by atoms with van der Waals surface area (Å²) in [5, 5.41) is 7.86. The third-order valence-electron chi connectivity index (χ3n) is 4.12. The van der Waals surface area contributed by atoms with E-state index in [0.717, 1.165) is 0 Å². The second-order valence-corrected chi connectivity index (χ2v) is 8.59. The van der Waals surface area contributed by atoms with Crippen LogP contribution in [0, 0.1) is 0 Å². The fourth-order valence-electron chi connectivity index (χ4n) is 2.43. The summed E-state index contributed by atoms with van der Waals surface area (Å²) in [7, 11) is -3.92. The van der Waals surface area contributed by atoms with Gasteiger partial charge in [-0.15, -0.1) is 0 Å². The smallest absolute Gasteiger partial charge is 0.267 e. The van der Waals surface area contributed by atoms with E-state index < -0.39 is 22.5 Å². The van der Waals surface area contributed by atoms with Gasteiger partial charge in [0.25, 0.3) is 10.1 Å². The summed E-state index contributed by atoms with van der Waals surface area (Å²) in [4.78, 5) is 6.56. The lowest BCUT2D eigenvalue weighted by Gasteiger charge is -2.21. The Labute approximate surface area is 179 Å². The lowest BCUT2D eigenvalue weighted by molar-refractivity contribution is 0.261. The molecule has 0 aliphatic carbocycles. The molecule has 0 unspecified atom stereocenters. The summed E-state index contributed by atoms with van der Waals surface area (Å²) in [5.41, 5.74) is 1.38. The number of pyridine rings is 1. The average Bonchev–Trinajstić information content (AvgIpc) is 2.68. The van der Waals surface area contributed by atoms with Crippen molar-refractivity contribution < 1.29 is 18.1 Å². The Morgan fingerprint density at radius 1 is 0.862 bits per heavy atom. The molecule has 0 fully saturated rings. The van der Waals surface area contributed by atoms with Crippen molar-refractivity contribution in [3.05, 3.63) is 30.1 Å². The van der Waals surface area contributed by atoms with Crippen LogP contribution in [0.5, 0.6) is 0 Å². The minimum Gasteiger partial charge on any atom is -0.395 e. The molecular weight excluding hydrogens is 388 g/mol. The second kappa shape index (κ2) is 21.7. The minimum atomic E-state index is -3.92. The molecule has 0 bridgehead atoms. The van der Waals surface area contributed by atoms with Crippen molar-refractivity contribution in [2.45, 2.75) is 79.1 Å². The fraction of sp³-hybridized carbons (Fsp3) is 0.773. The molecule has 1 aromatic rings. The first-order valence-electron chi connectivity index (χ1n) is 11.0. The highest BCUT2D eigenvalue weighted by Gasteiger charge is 2.02. The maximum atomic E-state index is 9.63. The maximum Gasteiger partial charge on any atom is 0.267 e. The number of aliphatic hydroxyl groups excluding tert-OH is 1. The molecule has 0 saturated carbocycles. The fourth-order valence-corrected chi connectivity index (χ4v) is 2.66. The number of aliphatic hydroxyl groups is 1. The van der Waals surface area contributed by atoms with E-state index in [9.17, 15) is 8.42 Å². The third-order valence-corrected chi connectivity index (χ3v) is 4.82. The number of nitrogens with zero attached hydrogens (tertiary/aromatic N) is 2. The zero-order valence-corrected chi connectivity index (χ0v) is 19.8. The Balaban J connectivity index is 0. The number of unbranched alkanes of at least 4 members (excludes halogenated alkanes) is 3. The summed E-state index contributed by atoms with van der Waals surface area (Å²) in [6.45, 7) is 12.4. The highest BCUT2D eigenvalue weighted by Crippen LogP contribution is 2.01. The molecule has 0 radical (unpaired) electrons.